The largest absolute Gasteiger partial charge is 0.469 e. The van der Waals surface area contributed by atoms with E-state index >= 15 is 0 Å². The van der Waals surface area contributed by atoms with Gasteiger partial charge in [-0.1, -0.05) is 48.5 Å². The molecule has 0 saturated heterocycles. The Bertz CT molecular complexity index is 1180. The first-order valence-corrected chi connectivity index (χ1v) is 14.6. The van der Waals surface area contributed by atoms with E-state index in [1.807, 2.05) is 6.92 Å². The summed E-state index contributed by atoms with van der Waals surface area (Å²) in [6.45, 7) is 15.9. The van der Waals surface area contributed by atoms with Gasteiger partial charge in [-0.25, -0.2) is 4.39 Å². The van der Waals surface area contributed by atoms with Crippen molar-refractivity contribution in [3.05, 3.63) is 23.6 Å². The number of allylic oxidation sites excluding steroid dienone is 3. The normalized spacial score (nSPS) is 43.5. The molecule has 4 rings (SSSR count). The maximum Gasteiger partial charge on any atom is 0.312 e. The molecule has 0 N–H and O–H groups in total. The van der Waals surface area contributed by atoms with Crippen LogP contribution in [0.2, 0.25) is 0 Å². The lowest BCUT2D eigenvalue weighted by Crippen LogP contribution is -2.62. The van der Waals surface area contributed by atoms with Crippen LogP contribution >= 0.6 is 0 Å². The van der Waals surface area contributed by atoms with Crippen molar-refractivity contribution in [2.24, 2.45) is 44.3 Å². The molecule has 39 heavy (non-hydrogen) atoms. The Morgan fingerprint density at radius 3 is 2.10 bits per heavy atom. The van der Waals surface area contributed by atoms with Gasteiger partial charge in [0.1, 0.15) is 0 Å². The van der Waals surface area contributed by atoms with Gasteiger partial charge < -0.3 is 4.74 Å². The summed E-state index contributed by atoms with van der Waals surface area (Å²) in [6, 6.07) is 0. The molecule has 0 aromatic rings. The summed E-state index contributed by atoms with van der Waals surface area (Å²) in [7, 11) is 1.48. The van der Waals surface area contributed by atoms with Crippen molar-refractivity contribution in [1.82, 2.24) is 0 Å². The van der Waals surface area contributed by atoms with E-state index in [1.165, 1.54) is 14.0 Å². The van der Waals surface area contributed by atoms with Gasteiger partial charge in [0.2, 0.25) is 11.6 Å². The Hall–Kier alpha value is -2.11. The molecule has 6 atom stereocenters. The fourth-order valence-electron chi connectivity index (χ4n) is 9.69. The molecule has 4 aliphatic carbocycles. The lowest BCUT2D eigenvalue weighted by Gasteiger charge is -2.65. The summed E-state index contributed by atoms with van der Waals surface area (Å²) >= 11 is 0. The third-order valence-corrected chi connectivity index (χ3v) is 12.3. The number of ketones is 3. The molecule has 4 saturated carbocycles. The van der Waals surface area contributed by atoms with E-state index in [-0.39, 0.29) is 40.0 Å². The third kappa shape index (κ3) is 4.05. The van der Waals surface area contributed by atoms with Crippen molar-refractivity contribution < 1.29 is 28.3 Å². The Labute approximate surface area is 233 Å². The van der Waals surface area contributed by atoms with Crippen molar-refractivity contribution in [3.8, 4) is 0 Å². The van der Waals surface area contributed by atoms with Gasteiger partial charge in [0.25, 0.3) is 0 Å². The number of carbonyl (C=O) groups is 4. The summed E-state index contributed by atoms with van der Waals surface area (Å²) in [5.74, 6) is -1.81. The van der Waals surface area contributed by atoms with Gasteiger partial charge in [-0.05, 0) is 98.0 Å². The first kappa shape index (κ1) is 29.9. The molecule has 6 unspecified atom stereocenters. The average Bonchev–Trinajstić information content (AvgIpc) is 2.84. The number of hydrogen-bond donors (Lipinski definition) is 0. The monoisotopic (exact) mass is 542 g/mol. The van der Waals surface area contributed by atoms with E-state index in [4.69, 9.17) is 4.74 Å². The van der Waals surface area contributed by atoms with Gasteiger partial charge in [-0.3, -0.25) is 19.2 Å². The first-order chi connectivity index (χ1) is 17.9. The van der Waals surface area contributed by atoms with Crippen LogP contribution in [-0.2, 0) is 23.9 Å². The lowest BCUT2D eigenvalue weighted by molar-refractivity contribution is -0.174. The van der Waals surface area contributed by atoms with Crippen molar-refractivity contribution >= 4 is 23.3 Å². The van der Waals surface area contributed by atoms with Crippen molar-refractivity contribution in [1.29, 1.82) is 0 Å². The molecule has 0 heterocycles. The number of carbonyl (C=O) groups excluding carboxylic acids is 4. The third-order valence-electron chi connectivity index (χ3n) is 12.3. The molecule has 0 bridgehead atoms. The SMILES string of the molecule is COC(=O)C12CCC(C)(C)CC1CC(C)(C1(C)CCC3C(C)(C)C(=O)C(=O)C(=CF)C3(C)C1=CC(C)=O)CC2. The van der Waals surface area contributed by atoms with Crippen LogP contribution in [-0.4, -0.2) is 30.4 Å². The Morgan fingerprint density at radius 1 is 0.923 bits per heavy atom. The predicted molar refractivity (Wildman–Crippen MR) is 148 cm³/mol. The standard InChI is InChI=1S/C33H47FO5/c1-20(35)16-24-31(7,11-10-23-29(4,5)26(37)25(36)22(19-34)32(23,24)8)30(6)13-15-33(27(38)39-9)14-12-28(2,3)17-21(33)18-30/h16,19,21,23H,10-15,17-18H2,1-9H3. The van der Waals surface area contributed by atoms with Crippen LogP contribution in [0.1, 0.15) is 107 Å². The van der Waals surface area contributed by atoms with Crippen LogP contribution in [0.15, 0.2) is 23.6 Å². The van der Waals surface area contributed by atoms with E-state index in [2.05, 4.69) is 27.7 Å². The zero-order valence-corrected chi connectivity index (χ0v) is 25.4. The van der Waals surface area contributed by atoms with Crippen molar-refractivity contribution in [2.45, 2.75) is 107 Å². The molecule has 0 amide bonds. The number of methoxy groups -OCH3 is 1. The summed E-state index contributed by atoms with van der Waals surface area (Å²) < 4.78 is 20.0. The number of halogens is 1. The zero-order valence-electron chi connectivity index (χ0n) is 25.4. The van der Waals surface area contributed by atoms with E-state index < -0.39 is 33.2 Å². The molecule has 216 valence electrons. The second-order valence-electron chi connectivity index (χ2n) is 15.2. The van der Waals surface area contributed by atoms with Crippen LogP contribution in [0, 0.1) is 44.3 Å². The molecule has 6 heteroatoms. The minimum Gasteiger partial charge on any atom is -0.469 e. The molecule has 0 radical (unpaired) electrons. The molecular weight excluding hydrogens is 495 g/mol. The summed E-state index contributed by atoms with van der Waals surface area (Å²) in [5.41, 5.74) is -2.69. The fraction of sp³-hybridized carbons (Fsp3) is 0.758. The van der Waals surface area contributed by atoms with Gasteiger partial charge in [0.15, 0.2) is 5.78 Å². The number of esters is 1. The van der Waals surface area contributed by atoms with E-state index in [9.17, 15) is 23.6 Å². The maximum atomic E-state index is 14.7. The first-order valence-electron chi connectivity index (χ1n) is 14.6. The van der Waals surface area contributed by atoms with Gasteiger partial charge >= 0.3 is 5.97 Å². The van der Waals surface area contributed by atoms with E-state index in [1.54, 1.807) is 19.9 Å². The highest BCUT2D eigenvalue weighted by Crippen LogP contribution is 2.72. The number of ether oxygens (including phenoxy) is 1. The van der Waals surface area contributed by atoms with Crippen molar-refractivity contribution in [2.75, 3.05) is 7.11 Å². The van der Waals surface area contributed by atoms with Crippen LogP contribution in [0.5, 0.6) is 0 Å². The summed E-state index contributed by atoms with van der Waals surface area (Å²) in [4.78, 5) is 52.5. The smallest absolute Gasteiger partial charge is 0.312 e. The fourth-order valence-corrected chi connectivity index (χ4v) is 9.69. The van der Waals surface area contributed by atoms with Crippen LogP contribution < -0.4 is 0 Å². The molecule has 4 fully saturated rings. The molecule has 4 aliphatic rings. The quantitative estimate of drug-likeness (QED) is 0.215. The highest BCUT2D eigenvalue weighted by Gasteiger charge is 2.68. The Kier molecular flexibility index (Phi) is 7.05. The number of Topliss-reactive ketones (excluding diaryl/α,β-unsaturated/α-hetero) is 2. The molecular formula is C33H47FO5. The predicted octanol–water partition coefficient (Wildman–Crippen LogP) is 7.13. The molecule has 5 nitrogen and oxygen atoms in total. The second-order valence-corrected chi connectivity index (χ2v) is 15.2. The maximum absolute atomic E-state index is 14.7. The topological polar surface area (TPSA) is 77.5 Å². The lowest BCUT2D eigenvalue weighted by atomic mass is 9.37. The number of fused-ring (bicyclic) bond motifs is 2. The Morgan fingerprint density at radius 2 is 1.54 bits per heavy atom. The van der Waals surface area contributed by atoms with E-state index in [0.717, 1.165) is 37.7 Å². The van der Waals surface area contributed by atoms with E-state index in [0.29, 0.717) is 25.6 Å². The highest BCUT2D eigenvalue weighted by molar-refractivity contribution is 6.46. The minimum absolute atomic E-state index is 0.105. The number of hydrogen-bond acceptors (Lipinski definition) is 5. The number of rotatable bonds is 3. The van der Waals surface area contributed by atoms with Gasteiger partial charge in [-0.2, -0.15) is 0 Å². The average molecular weight is 543 g/mol. The van der Waals surface area contributed by atoms with Gasteiger partial charge in [0.05, 0.1) is 18.9 Å². The summed E-state index contributed by atoms with van der Waals surface area (Å²) in [5, 5.41) is 0. The highest BCUT2D eigenvalue weighted by atomic mass is 19.1. The summed E-state index contributed by atoms with van der Waals surface area (Å²) in [6.07, 6.45) is 8.24. The van der Waals surface area contributed by atoms with Crippen LogP contribution in [0.3, 0.4) is 0 Å². The molecule has 0 aliphatic heterocycles. The molecule has 0 spiro atoms. The molecule has 0 aromatic heterocycles. The zero-order chi connectivity index (χ0) is 29.4. The van der Waals surface area contributed by atoms with Crippen molar-refractivity contribution in [3.63, 3.8) is 0 Å². The minimum atomic E-state index is -1.09. The van der Waals surface area contributed by atoms with Crippen LogP contribution in [0.25, 0.3) is 0 Å². The second kappa shape index (κ2) is 9.21. The Balaban J connectivity index is 1.88. The van der Waals surface area contributed by atoms with Gasteiger partial charge in [-0.15, -0.1) is 0 Å². The molecule has 0 aromatic carbocycles. The van der Waals surface area contributed by atoms with Crippen LogP contribution in [0.4, 0.5) is 4.39 Å². The van der Waals surface area contributed by atoms with Gasteiger partial charge in [0, 0.05) is 16.4 Å².